The van der Waals surface area contributed by atoms with Gasteiger partial charge in [-0.1, -0.05) is 23.8 Å². The number of aromatic nitrogens is 1. The van der Waals surface area contributed by atoms with Crippen LogP contribution in [0.25, 0.3) is 0 Å². The maximum absolute atomic E-state index is 10.4. The van der Waals surface area contributed by atoms with Crippen LogP contribution in [-0.2, 0) is 0 Å². The predicted molar refractivity (Wildman–Crippen MR) is 109 cm³/mol. The first-order valence-corrected chi connectivity index (χ1v) is 9.55. The molecule has 0 bridgehead atoms. The van der Waals surface area contributed by atoms with E-state index in [4.69, 9.17) is 14.6 Å². The van der Waals surface area contributed by atoms with Crippen molar-refractivity contribution in [3.63, 3.8) is 0 Å². The summed E-state index contributed by atoms with van der Waals surface area (Å²) < 4.78 is 12.0. The lowest BCUT2D eigenvalue weighted by molar-refractivity contribution is -0.0209. The number of nitrogens with zero attached hydrogens (tertiary/aromatic N) is 3. The van der Waals surface area contributed by atoms with Crippen molar-refractivity contribution in [3.8, 4) is 17.2 Å². The number of phenols is 1. The lowest BCUT2D eigenvalue weighted by atomic mass is 9.95. The number of aromatic hydroxyl groups is 1. The van der Waals surface area contributed by atoms with E-state index in [-0.39, 0.29) is 11.8 Å². The minimum Gasteiger partial charge on any atom is -0.507 e. The summed E-state index contributed by atoms with van der Waals surface area (Å²) in [6, 6.07) is 15.4. The van der Waals surface area contributed by atoms with E-state index in [2.05, 4.69) is 4.98 Å². The number of aryl methyl sites for hydroxylation is 1. The molecule has 2 aromatic carbocycles. The van der Waals surface area contributed by atoms with E-state index in [0.29, 0.717) is 12.2 Å². The zero-order valence-corrected chi connectivity index (χ0v) is 16.2. The van der Waals surface area contributed by atoms with E-state index < -0.39 is 6.23 Å². The lowest BCUT2D eigenvalue weighted by Gasteiger charge is -2.38. The van der Waals surface area contributed by atoms with Gasteiger partial charge in [-0.05, 0) is 37.3 Å². The minimum atomic E-state index is -0.406. The first kappa shape index (κ1) is 17.6. The van der Waals surface area contributed by atoms with Gasteiger partial charge >= 0.3 is 0 Å². The molecule has 0 aliphatic carbocycles. The molecule has 0 saturated heterocycles. The molecule has 29 heavy (non-hydrogen) atoms. The summed E-state index contributed by atoms with van der Waals surface area (Å²) in [6.07, 6.45) is 3.76. The first-order valence-electron chi connectivity index (χ1n) is 9.55. The highest BCUT2D eigenvalue weighted by atomic mass is 16.5. The van der Waals surface area contributed by atoms with Crippen LogP contribution in [0.2, 0.25) is 0 Å². The summed E-state index contributed by atoms with van der Waals surface area (Å²) in [5, 5.41) is 17.3. The SMILES string of the molecule is COc1cccc2c1O[C@@H](c1ccncc1)N1N=C(c3cc(C)ccc3O)C[C@H]21. The molecule has 0 saturated carbocycles. The van der Waals surface area contributed by atoms with Crippen LogP contribution >= 0.6 is 0 Å². The number of rotatable bonds is 3. The first-order chi connectivity index (χ1) is 14.2. The summed E-state index contributed by atoms with van der Waals surface area (Å²) in [5.74, 6) is 1.68. The van der Waals surface area contributed by atoms with E-state index in [1.165, 1.54) is 0 Å². The number of para-hydroxylation sites is 1. The number of pyridine rings is 1. The second-order valence-electron chi connectivity index (χ2n) is 7.30. The number of hydrogen-bond donors (Lipinski definition) is 1. The minimum absolute atomic E-state index is 0.0121. The summed E-state index contributed by atoms with van der Waals surface area (Å²) in [4.78, 5) is 4.12. The molecule has 0 unspecified atom stereocenters. The molecule has 0 spiro atoms. The quantitative estimate of drug-likeness (QED) is 0.724. The molecule has 6 nitrogen and oxygen atoms in total. The van der Waals surface area contributed by atoms with Gasteiger partial charge in [0.1, 0.15) is 5.75 Å². The Morgan fingerprint density at radius 1 is 1.14 bits per heavy atom. The van der Waals surface area contributed by atoms with Crippen LogP contribution in [0.5, 0.6) is 17.2 Å². The molecule has 0 amide bonds. The second kappa shape index (κ2) is 6.81. The molecular formula is C23H21N3O3. The maximum atomic E-state index is 10.4. The Bertz CT molecular complexity index is 1100. The number of hydrazone groups is 1. The maximum Gasteiger partial charge on any atom is 0.214 e. The van der Waals surface area contributed by atoms with Crippen molar-refractivity contribution >= 4 is 5.71 Å². The zero-order valence-electron chi connectivity index (χ0n) is 16.2. The smallest absolute Gasteiger partial charge is 0.214 e. The lowest BCUT2D eigenvalue weighted by Crippen LogP contribution is -2.33. The van der Waals surface area contributed by atoms with Crippen molar-refractivity contribution in [2.45, 2.75) is 25.6 Å². The van der Waals surface area contributed by atoms with Crippen molar-refractivity contribution in [1.29, 1.82) is 0 Å². The molecule has 6 heteroatoms. The number of methoxy groups -OCH3 is 1. The topological polar surface area (TPSA) is 67.2 Å². The van der Waals surface area contributed by atoms with E-state index in [1.807, 2.05) is 54.4 Å². The molecule has 0 fully saturated rings. The molecule has 2 aliphatic rings. The van der Waals surface area contributed by atoms with Gasteiger partial charge in [-0.15, -0.1) is 0 Å². The Hall–Kier alpha value is -3.54. The van der Waals surface area contributed by atoms with Crippen molar-refractivity contribution in [2.75, 3.05) is 7.11 Å². The van der Waals surface area contributed by atoms with E-state index in [1.54, 1.807) is 25.6 Å². The van der Waals surface area contributed by atoms with Gasteiger partial charge in [0, 0.05) is 35.5 Å². The Labute approximate surface area is 169 Å². The van der Waals surface area contributed by atoms with Crippen molar-refractivity contribution < 1.29 is 14.6 Å². The van der Waals surface area contributed by atoms with Crippen LogP contribution in [-0.4, -0.2) is 27.9 Å². The van der Waals surface area contributed by atoms with Crippen molar-refractivity contribution in [1.82, 2.24) is 9.99 Å². The number of hydrogen-bond acceptors (Lipinski definition) is 6. The fourth-order valence-electron chi connectivity index (χ4n) is 4.04. The number of benzene rings is 2. The fraction of sp³-hybridized carbons (Fsp3) is 0.217. The van der Waals surface area contributed by atoms with Crippen LogP contribution < -0.4 is 9.47 Å². The molecule has 1 aromatic heterocycles. The summed E-state index contributed by atoms with van der Waals surface area (Å²) >= 11 is 0. The van der Waals surface area contributed by atoms with E-state index >= 15 is 0 Å². The summed E-state index contributed by atoms with van der Waals surface area (Å²) in [7, 11) is 1.65. The van der Waals surface area contributed by atoms with Crippen LogP contribution in [0.4, 0.5) is 0 Å². The third-order valence-electron chi connectivity index (χ3n) is 5.45. The van der Waals surface area contributed by atoms with Gasteiger partial charge < -0.3 is 14.6 Å². The molecule has 5 rings (SSSR count). The van der Waals surface area contributed by atoms with Crippen molar-refractivity contribution in [3.05, 3.63) is 83.2 Å². The predicted octanol–water partition coefficient (Wildman–Crippen LogP) is 4.35. The average Bonchev–Trinajstić information content (AvgIpc) is 3.20. The Kier molecular flexibility index (Phi) is 4.12. The Morgan fingerprint density at radius 2 is 1.97 bits per heavy atom. The molecule has 2 aliphatic heterocycles. The van der Waals surface area contributed by atoms with Crippen LogP contribution in [0.3, 0.4) is 0 Å². The molecule has 0 radical (unpaired) electrons. The second-order valence-corrected chi connectivity index (χ2v) is 7.30. The van der Waals surface area contributed by atoms with Crippen molar-refractivity contribution in [2.24, 2.45) is 5.10 Å². The van der Waals surface area contributed by atoms with Gasteiger partial charge in [-0.2, -0.15) is 5.10 Å². The highest BCUT2D eigenvalue weighted by Crippen LogP contribution is 2.50. The zero-order chi connectivity index (χ0) is 20.0. The van der Waals surface area contributed by atoms with Gasteiger partial charge in [0.2, 0.25) is 6.23 Å². The summed E-state index contributed by atoms with van der Waals surface area (Å²) in [6.45, 7) is 2.01. The summed E-state index contributed by atoms with van der Waals surface area (Å²) in [5.41, 5.74) is 4.67. The van der Waals surface area contributed by atoms with Gasteiger partial charge in [0.15, 0.2) is 11.5 Å². The third kappa shape index (κ3) is 2.88. The normalized spacial score (nSPS) is 19.8. The standard InChI is InChI=1S/C23H21N3O3/c1-14-6-7-20(27)17(12-14)18-13-19-16-4-3-5-21(28-2)22(16)29-23(26(19)25-18)15-8-10-24-11-9-15/h3-12,19,23,27H,13H2,1-2H3/t19-,23+/m1/s1. The largest absolute Gasteiger partial charge is 0.507 e. The van der Waals surface area contributed by atoms with E-state index in [9.17, 15) is 5.11 Å². The van der Waals surface area contributed by atoms with Gasteiger partial charge in [0.25, 0.3) is 0 Å². The Morgan fingerprint density at radius 3 is 2.76 bits per heavy atom. The number of phenolic OH excluding ortho intramolecular Hbond substituents is 1. The average molecular weight is 387 g/mol. The number of ether oxygens (including phenoxy) is 2. The molecular weight excluding hydrogens is 366 g/mol. The van der Waals surface area contributed by atoms with Crippen LogP contribution in [0.15, 0.2) is 66.0 Å². The number of fused-ring (bicyclic) bond motifs is 3. The highest BCUT2D eigenvalue weighted by Gasteiger charge is 2.42. The van der Waals surface area contributed by atoms with E-state index in [0.717, 1.165) is 33.7 Å². The van der Waals surface area contributed by atoms with Crippen LogP contribution in [0, 0.1) is 6.92 Å². The molecule has 146 valence electrons. The molecule has 2 atom stereocenters. The van der Waals surface area contributed by atoms with Gasteiger partial charge in [-0.3, -0.25) is 4.98 Å². The molecule has 3 aromatic rings. The van der Waals surface area contributed by atoms with Gasteiger partial charge in [-0.25, -0.2) is 5.01 Å². The highest BCUT2D eigenvalue weighted by molar-refractivity contribution is 6.04. The molecule has 1 N–H and O–H groups in total. The van der Waals surface area contributed by atoms with Crippen LogP contribution in [0.1, 0.15) is 40.9 Å². The Balaban J connectivity index is 1.64. The monoisotopic (exact) mass is 387 g/mol. The molecule has 3 heterocycles. The fourth-order valence-corrected chi connectivity index (χ4v) is 4.04. The van der Waals surface area contributed by atoms with Gasteiger partial charge in [0.05, 0.1) is 18.9 Å². The third-order valence-corrected chi connectivity index (χ3v) is 5.45.